The number of unbranched alkanes of at least 4 members (excludes halogenated alkanes) is 2. The van der Waals surface area contributed by atoms with Gasteiger partial charge in [-0.3, -0.25) is 4.79 Å². The normalized spacial score (nSPS) is 11.1. The molecule has 0 aliphatic carbocycles. The van der Waals surface area contributed by atoms with Crippen LogP contribution in [-0.4, -0.2) is 25.0 Å². The van der Waals surface area contributed by atoms with Gasteiger partial charge in [0.1, 0.15) is 0 Å². The van der Waals surface area contributed by atoms with Crippen molar-refractivity contribution < 1.29 is 7.65 Å². The summed E-state index contributed by atoms with van der Waals surface area (Å²) in [6.45, 7) is 10.4. The van der Waals surface area contributed by atoms with E-state index in [-0.39, 0.29) is 8.76 Å². The fraction of sp³-hybridized carbons (Fsp3) is 0.923. The summed E-state index contributed by atoms with van der Waals surface area (Å²) in [5, 5.41) is 6.31. The van der Waals surface area contributed by atoms with Gasteiger partial charge in [0.05, 0.1) is 0 Å². The predicted molar refractivity (Wildman–Crippen MR) is 73.7 cm³/mol. The molecule has 0 heterocycles. The van der Waals surface area contributed by atoms with E-state index in [0.717, 1.165) is 32.4 Å². The molecule has 0 rings (SSSR count). The minimum atomic E-state index is 0. The Labute approximate surface area is 103 Å². The Hall–Kier alpha value is -0.570. The summed E-state index contributed by atoms with van der Waals surface area (Å²) in [5.74, 6) is 0.740. The molecule has 0 aliphatic heterocycles. The molecule has 0 unspecified atom stereocenters. The van der Waals surface area contributed by atoms with Gasteiger partial charge in [-0.15, -0.1) is 0 Å². The van der Waals surface area contributed by atoms with E-state index in [4.69, 9.17) is 0 Å². The molecule has 3 heteroatoms. The Morgan fingerprint density at radius 3 is 2.38 bits per heavy atom. The van der Waals surface area contributed by atoms with Gasteiger partial charge < -0.3 is 10.6 Å². The van der Waals surface area contributed by atoms with E-state index in [1.165, 1.54) is 0 Å². The quantitative estimate of drug-likeness (QED) is 0.600. The van der Waals surface area contributed by atoms with Crippen LogP contribution in [0.25, 0.3) is 0 Å². The van der Waals surface area contributed by atoms with Gasteiger partial charge in [0.2, 0.25) is 5.91 Å². The van der Waals surface area contributed by atoms with Crippen molar-refractivity contribution in [3.63, 3.8) is 0 Å². The van der Waals surface area contributed by atoms with E-state index in [1.807, 2.05) is 0 Å². The highest BCUT2D eigenvalue weighted by molar-refractivity contribution is 5.75. The van der Waals surface area contributed by atoms with Crippen molar-refractivity contribution in [2.24, 2.45) is 5.92 Å². The first kappa shape index (κ1) is 15.4. The summed E-state index contributed by atoms with van der Waals surface area (Å²) in [7, 11) is 0. The molecule has 0 saturated heterocycles. The molecule has 0 aromatic heterocycles. The molecule has 16 heavy (non-hydrogen) atoms. The van der Waals surface area contributed by atoms with Gasteiger partial charge in [-0.2, -0.15) is 0 Å². The van der Waals surface area contributed by atoms with Crippen molar-refractivity contribution in [3.05, 3.63) is 0 Å². The van der Waals surface area contributed by atoms with Crippen LogP contribution in [0.3, 0.4) is 0 Å². The molecule has 0 radical (unpaired) electrons. The zero-order valence-corrected chi connectivity index (χ0v) is 11.3. The molecule has 0 spiro atoms. The van der Waals surface area contributed by atoms with Gasteiger partial charge >= 0.3 is 0 Å². The monoisotopic (exact) mass is 232 g/mol. The standard InChI is InChI=1S/C13H28N2O.2H2/c1-11(2)10-15-13(16)8-6-5-7-9-14-12(3)4;;/h11-12,14H,5-10H2,1-4H3,(H,15,16);2*1H. The lowest BCUT2D eigenvalue weighted by Gasteiger charge is -2.08. The van der Waals surface area contributed by atoms with E-state index >= 15 is 0 Å². The molecule has 0 aromatic rings. The minimum absolute atomic E-state index is 0. The van der Waals surface area contributed by atoms with Crippen LogP contribution in [0.2, 0.25) is 0 Å². The van der Waals surface area contributed by atoms with E-state index in [0.29, 0.717) is 18.4 Å². The van der Waals surface area contributed by atoms with Crippen LogP contribution in [0.15, 0.2) is 0 Å². The molecule has 0 aliphatic rings. The largest absolute Gasteiger partial charge is 0.356 e. The fourth-order valence-electron chi connectivity index (χ4n) is 1.38. The predicted octanol–water partition coefficient (Wildman–Crippen LogP) is 2.81. The van der Waals surface area contributed by atoms with Crippen LogP contribution in [0.5, 0.6) is 0 Å². The number of carbonyl (C=O) groups excluding carboxylic acids is 1. The number of rotatable bonds is 9. The summed E-state index contributed by atoms with van der Waals surface area (Å²) >= 11 is 0. The first-order valence-electron chi connectivity index (χ1n) is 6.52. The highest BCUT2D eigenvalue weighted by Crippen LogP contribution is 1.99. The summed E-state index contributed by atoms with van der Waals surface area (Å²) in [6, 6.07) is 0.564. The van der Waals surface area contributed by atoms with Crippen LogP contribution < -0.4 is 10.6 Å². The number of carbonyl (C=O) groups is 1. The summed E-state index contributed by atoms with van der Waals surface area (Å²) in [6.07, 6.45) is 3.97. The van der Waals surface area contributed by atoms with Crippen LogP contribution in [0.1, 0.15) is 56.2 Å². The molecule has 0 aromatic carbocycles. The molecular weight excluding hydrogens is 200 g/mol. The van der Waals surface area contributed by atoms with Crippen molar-refractivity contribution in [2.45, 2.75) is 59.4 Å². The Kier molecular flexibility index (Phi) is 9.30. The Bertz CT molecular complexity index is 188. The third-order valence-electron chi connectivity index (χ3n) is 2.34. The average molecular weight is 232 g/mol. The van der Waals surface area contributed by atoms with Crippen LogP contribution in [-0.2, 0) is 4.79 Å². The maximum Gasteiger partial charge on any atom is 0.220 e. The highest BCUT2D eigenvalue weighted by Gasteiger charge is 2.01. The number of amides is 1. The van der Waals surface area contributed by atoms with Gasteiger partial charge in [-0.25, -0.2) is 0 Å². The SMILES string of the molecule is CC(C)CNC(=O)CCCCCNC(C)C.[HH].[HH]. The molecule has 0 fully saturated rings. The van der Waals surface area contributed by atoms with Crippen LogP contribution in [0, 0.1) is 5.92 Å². The van der Waals surface area contributed by atoms with Gasteiger partial charge in [0.25, 0.3) is 0 Å². The first-order chi connectivity index (χ1) is 7.52. The molecule has 100 valence electrons. The molecule has 2 N–H and O–H groups in total. The van der Waals surface area contributed by atoms with Crippen molar-refractivity contribution in [1.29, 1.82) is 0 Å². The summed E-state index contributed by atoms with van der Waals surface area (Å²) < 4.78 is 0. The maximum atomic E-state index is 11.4. The Morgan fingerprint density at radius 1 is 1.12 bits per heavy atom. The lowest BCUT2D eigenvalue weighted by atomic mass is 10.1. The van der Waals surface area contributed by atoms with E-state index in [9.17, 15) is 4.79 Å². The summed E-state index contributed by atoms with van der Waals surface area (Å²) in [5.41, 5.74) is 0. The Morgan fingerprint density at radius 2 is 1.81 bits per heavy atom. The lowest BCUT2D eigenvalue weighted by molar-refractivity contribution is -0.121. The minimum Gasteiger partial charge on any atom is -0.356 e. The third-order valence-corrected chi connectivity index (χ3v) is 2.34. The zero-order chi connectivity index (χ0) is 12.4. The maximum absolute atomic E-state index is 11.4. The molecular formula is C13H32N2O. The summed E-state index contributed by atoms with van der Waals surface area (Å²) in [4.78, 5) is 11.4. The third kappa shape index (κ3) is 11.5. The molecule has 0 bridgehead atoms. The van der Waals surface area contributed by atoms with Gasteiger partial charge in [-0.05, 0) is 25.3 Å². The first-order valence-corrected chi connectivity index (χ1v) is 6.52. The number of hydrogen-bond acceptors (Lipinski definition) is 2. The van der Waals surface area contributed by atoms with Crippen molar-refractivity contribution >= 4 is 5.91 Å². The second kappa shape index (κ2) is 9.64. The molecule has 0 saturated carbocycles. The zero-order valence-electron chi connectivity index (χ0n) is 11.3. The van der Waals surface area contributed by atoms with E-state index < -0.39 is 0 Å². The van der Waals surface area contributed by atoms with E-state index in [2.05, 4.69) is 38.3 Å². The number of nitrogens with one attached hydrogen (secondary N) is 2. The topological polar surface area (TPSA) is 41.1 Å². The molecule has 0 atom stereocenters. The van der Waals surface area contributed by atoms with E-state index in [1.54, 1.807) is 0 Å². The molecule has 1 amide bonds. The van der Waals surface area contributed by atoms with Crippen molar-refractivity contribution in [1.82, 2.24) is 10.6 Å². The second-order valence-electron chi connectivity index (χ2n) is 5.12. The van der Waals surface area contributed by atoms with Crippen molar-refractivity contribution in [3.8, 4) is 0 Å². The van der Waals surface area contributed by atoms with Gasteiger partial charge in [0, 0.05) is 21.9 Å². The number of hydrogen-bond donors (Lipinski definition) is 2. The average Bonchev–Trinajstić information content (AvgIpc) is 2.19. The smallest absolute Gasteiger partial charge is 0.220 e. The fourth-order valence-corrected chi connectivity index (χ4v) is 1.38. The van der Waals surface area contributed by atoms with Gasteiger partial charge in [-0.1, -0.05) is 34.1 Å². The lowest BCUT2D eigenvalue weighted by Crippen LogP contribution is -2.27. The Balaban J connectivity index is -0.00000112. The van der Waals surface area contributed by atoms with Gasteiger partial charge in [0.15, 0.2) is 0 Å². The highest BCUT2D eigenvalue weighted by atomic mass is 16.1. The van der Waals surface area contributed by atoms with Crippen molar-refractivity contribution in [2.75, 3.05) is 13.1 Å². The second-order valence-corrected chi connectivity index (χ2v) is 5.12. The van der Waals surface area contributed by atoms with Crippen LogP contribution in [0.4, 0.5) is 0 Å². The van der Waals surface area contributed by atoms with Crippen LogP contribution >= 0.6 is 0 Å². The molecule has 3 nitrogen and oxygen atoms in total.